The molecular weight excluding hydrogens is 314 g/mol. The predicted octanol–water partition coefficient (Wildman–Crippen LogP) is 3.99. The summed E-state index contributed by atoms with van der Waals surface area (Å²) < 4.78 is 78.2. The number of nitriles is 2. The van der Waals surface area contributed by atoms with Crippen molar-refractivity contribution in [3.05, 3.63) is 35.4 Å². The van der Waals surface area contributed by atoms with Gasteiger partial charge in [0.25, 0.3) is 6.17 Å². The van der Waals surface area contributed by atoms with Gasteiger partial charge in [-0.15, -0.1) is 0 Å². The molecule has 0 bridgehead atoms. The van der Waals surface area contributed by atoms with E-state index in [1.54, 1.807) is 12.1 Å². The van der Waals surface area contributed by atoms with Crippen LogP contribution in [0.4, 0.5) is 26.3 Å². The molecule has 0 aliphatic rings. The number of allylic oxidation sites excluding steroid dienone is 1. The molecule has 3 nitrogen and oxygen atoms in total. The molecule has 9 heteroatoms. The zero-order chi connectivity index (χ0) is 17.0. The fourth-order valence-electron chi connectivity index (χ4n) is 1.29. The van der Waals surface area contributed by atoms with E-state index in [0.29, 0.717) is 0 Å². The van der Waals surface area contributed by atoms with E-state index in [9.17, 15) is 26.3 Å². The monoisotopic (exact) mass is 320 g/mol. The van der Waals surface area contributed by atoms with Crippen molar-refractivity contribution in [2.45, 2.75) is 18.5 Å². The molecule has 0 saturated heterocycles. The molecule has 0 unspecified atom stereocenters. The first-order valence-corrected chi connectivity index (χ1v) is 5.49. The summed E-state index contributed by atoms with van der Waals surface area (Å²) in [6, 6.07) is 7.05. The maximum absolute atomic E-state index is 13.0. The van der Waals surface area contributed by atoms with Crippen LogP contribution in [0.5, 0.6) is 5.75 Å². The SMILES string of the molecule is N#CC(C#N)=Cc1ccc(OC(F)(F)[C@H](F)C(F)(F)F)cc1. The molecule has 0 fully saturated rings. The Bertz CT molecular complexity index is 620. The molecule has 0 saturated carbocycles. The molecule has 0 aliphatic carbocycles. The number of nitrogens with zero attached hydrogens (tertiary/aromatic N) is 2. The minimum Gasteiger partial charge on any atom is -0.430 e. The Morgan fingerprint density at radius 2 is 1.55 bits per heavy atom. The van der Waals surface area contributed by atoms with E-state index in [1.165, 1.54) is 0 Å². The van der Waals surface area contributed by atoms with E-state index in [1.807, 2.05) is 0 Å². The van der Waals surface area contributed by atoms with Crippen LogP contribution in [-0.2, 0) is 0 Å². The molecule has 1 rings (SSSR count). The van der Waals surface area contributed by atoms with Crippen LogP contribution in [0.15, 0.2) is 29.8 Å². The van der Waals surface area contributed by atoms with Crippen molar-refractivity contribution in [2.75, 3.05) is 0 Å². The van der Waals surface area contributed by atoms with E-state index >= 15 is 0 Å². The van der Waals surface area contributed by atoms with Crippen LogP contribution in [-0.4, -0.2) is 18.5 Å². The first-order chi connectivity index (χ1) is 10.1. The average Bonchev–Trinajstić information content (AvgIpc) is 2.44. The highest BCUT2D eigenvalue weighted by molar-refractivity contribution is 5.62. The van der Waals surface area contributed by atoms with Crippen molar-refractivity contribution in [1.82, 2.24) is 0 Å². The van der Waals surface area contributed by atoms with E-state index in [-0.39, 0.29) is 11.1 Å². The zero-order valence-corrected chi connectivity index (χ0v) is 10.5. The van der Waals surface area contributed by atoms with Crippen LogP contribution in [0.25, 0.3) is 6.08 Å². The smallest absolute Gasteiger partial charge is 0.430 e. The van der Waals surface area contributed by atoms with Gasteiger partial charge in [0, 0.05) is 0 Å². The van der Waals surface area contributed by atoms with Crippen molar-refractivity contribution in [3.63, 3.8) is 0 Å². The maximum atomic E-state index is 13.0. The normalized spacial score (nSPS) is 12.7. The average molecular weight is 320 g/mol. The summed E-state index contributed by atoms with van der Waals surface area (Å²) in [5, 5.41) is 17.0. The molecule has 0 spiro atoms. The number of benzene rings is 1. The molecule has 116 valence electrons. The van der Waals surface area contributed by atoms with Crippen LogP contribution in [0.2, 0.25) is 0 Å². The van der Waals surface area contributed by atoms with Gasteiger partial charge in [0.15, 0.2) is 0 Å². The Kier molecular flexibility index (Phi) is 5.05. The molecule has 0 radical (unpaired) electrons. The van der Waals surface area contributed by atoms with Gasteiger partial charge in [-0.2, -0.15) is 32.5 Å². The minimum absolute atomic E-state index is 0.251. The lowest BCUT2D eigenvalue weighted by atomic mass is 10.1. The second-order valence-electron chi connectivity index (χ2n) is 3.92. The summed E-state index contributed by atoms with van der Waals surface area (Å²) in [6.45, 7) is 0. The molecule has 1 aromatic carbocycles. The highest BCUT2D eigenvalue weighted by atomic mass is 19.4. The van der Waals surface area contributed by atoms with Crippen molar-refractivity contribution >= 4 is 6.08 Å². The molecule has 0 N–H and O–H groups in total. The van der Waals surface area contributed by atoms with E-state index in [4.69, 9.17) is 10.5 Å². The molecule has 0 heterocycles. The van der Waals surface area contributed by atoms with Gasteiger partial charge in [0.2, 0.25) is 0 Å². The maximum Gasteiger partial charge on any atom is 0.439 e. The fraction of sp³-hybridized carbons (Fsp3) is 0.231. The van der Waals surface area contributed by atoms with Crippen molar-refractivity contribution in [1.29, 1.82) is 10.5 Å². The Morgan fingerprint density at radius 1 is 1.05 bits per heavy atom. The third-order valence-electron chi connectivity index (χ3n) is 2.27. The minimum atomic E-state index is -5.76. The van der Waals surface area contributed by atoms with Gasteiger partial charge in [-0.25, -0.2) is 4.39 Å². The van der Waals surface area contributed by atoms with E-state index in [0.717, 1.165) is 30.3 Å². The van der Waals surface area contributed by atoms with Crippen molar-refractivity contribution in [2.24, 2.45) is 0 Å². The van der Waals surface area contributed by atoms with Gasteiger partial charge in [-0.3, -0.25) is 0 Å². The third kappa shape index (κ3) is 4.42. The number of ether oxygens (including phenoxy) is 1. The Balaban J connectivity index is 2.92. The van der Waals surface area contributed by atoms with E-state index < -0.39 is 24.2 Å². The van der Waals surface area contributed by atoms with Gasteiger partial charge in [-0.1, -0.05) is 12.1 Å². The first kappa shape index (κ1) is 17.4. The molecule has 1 aromatic rings. The van der Waals surface area contributed by atoms with Gasteiger partial charge in [-0.05, 0) is 23.8 Å². The van der Waals surface area contributed by atoms with Gasteiger partial charge in [0.1, 0.15) is 23.5 Å². The summed E-state index contributed by atoms with van der Waals surface area (Å²) in [7, 11) is 0. The highest BCUT2D eigenvalue weighted by Gasteiger charge is 2.59. The lowest BCUT2D eigenvalue weighted by Gasteiger charge is -2.23. The first-order valence-electron chi connectivity index (χ1n) is 5.49. The van der Waals surface area contributed by atoms with Gasteiger partial charge < -0.3 is 4.74 Å². The molecule has 0 aromatic heterocycles. The standard InChI is InChI=1S/C13H6F6N2O/c14-11(12(15,16)17)13(18,19)22-10-3-1-8(2-4-10)5-9(6-20)7-21/h1-5,11H/t11-/m1/s1. The quantitative estimate of drug-likeness (QED) is 0.622. The summed E-state index contributed by atoms with van der Waals surface area (Å²) in [5.41, 5.74) is -0.0127. The zero-order valence-electron chi connectivity index (χ0n) is 10.5. The lowest BCUT2D eigenvalue weighted by Crippen LogP contribution is -2.45. The number of hydrogen-bond acceptors (Lipinski definition) is 3. The van der Waals surface area contributed by atoms with Crippen LogP contribution in [0.1, 0.15) is 5.56 Å². The lowest BCUT2D eigenvalue weighted by molar-refractivity contribution is -0.304. The Morgan fingerprint density at radius 3 is 1.95 bits per heavy atom. The summed E-state index contributed by atoms with van der Waals surface area (Å²) >= 11 is 0. The third-order valence-corrected chi connectivity index (χ3v) is 2.27. The largest absolute Gasteiger partial charge is 0.439 e. The number of hydrogen-bond donors (Lipinski definition) is 0. The number of alkyl halides is 6. The fourth-order valence-corrected chi connectivity index (χ4v) is 1.29. The van der Waals surface area contributed by atoms with Crippen LogP contribution in [0, 0.1) is 22.7 Å². The Hall–Kier alpha value is -2.68. The van der Waals surface area contributed by atoms with Crippen LogP contribution >= 0.6 is 0 Å². The predicted molar refractivity (Wildman–Crippen MR) is 62.2 cm³/mol. The van der Waals surface area contributed by atoms with Gasteiger partial charge >= 0.3 is 12.3 Å². The number of halogens is 6. The second-order valence-corrected chi connectivity index (χ2v) is 3.92. The Labute approximate surface area is 120 Å². The van der Waals surface area contributed by atoms with E-state index in [2.05, 4.69) is 4.74 Å². The highest BCUT2D eigenvalue weighted by Crippen LogP contribution is 2.36. The van der Waals surface area contributed by atoms with Gasteiger partial charge in [0.05, 0.1) is 0 Å². The molecular formula is C13H6F6N2O. The molecule has 1 atom stereocenters. The van der Waals surface area contributed by atoms with Crippen molar-refractivity contribution in [3.8, 4) is 17.9 Å². The van der Waals surface area contributed by atoms with Crippen LogP contribution in [0.3, 0.4) is 0 Å². The second kappa shape index (κ2) is 6.39. The molecule has 0 amide bonds. The topological polar surface area (TPSA) is 56.8 Å². The molecule has 0 aliphatic heterocycles. The van der Waals surface area contributed by atoms with Crippen LogP contribution < -0.4 is 4.74 Å². The summed E-state index contributed by atoms with van der Waals surface area (Å²) in [4.78, 5) is 0. The summed E-state index contributed by atoms with van der Waals surface area (Å²) in [5.74, 6) is -0.704. The summed E-state index contributed by atoms with van der Waals surface area (Å²) in [6.07, 6.45) is -14.2. The number of rotatable bonds is 4. The molecule has 22 heavy (non-hydrogen) atoms. The van der Waals surface area contributed by atoms with Crippen molar-refractivity contribution < 1.29 is 31.1 Å².